The minimum Gasteiger partial charge on any atom is -0.481 e. The zero-order valence-corrected chi connectivity index (χ0v) is 13.0. The van der Waals surface area contributed by atoms with Crippen molar-refractivity contribution in [1.29, 1.82) is 0 Å². The van der Waals surface area contributed by atoms with E-state index in [-0.39, 0.29) is 11.9 Å². The molecule has 0 aliphatic heterocycles. The lowest BCUT2D eigenvalue weighted by molar-refractivity contribution is -0.143. The molecule has 2 amide bonds. The third-order valence-corrected chi connectivity index (χ3v) is 5.09. The van der Waals surface area contributed by atoms with Crippen molar-refractivity contribution in [2.45, 2.75) is 51.4 Å². The van der Waals surface area contributed by atoms with Crippen LogP contribution < -0.4 is 5.32 Å². The molecule has 2 N–H and O–H groups in total. The van der Waals surface area contributed by atoms with Gasteiger partial charge >= 0.3 is 12.0 Å². The van der Waals surface area contributed by atoms with Crippen molar-refractivity contribution in [2.75, 3.05) is 20.1 Å². The van der Waals surface area contributed by atoms with Gasteiger partial charge in [0, 0.05) is 20.1 Å². The van der Waals surface area contributed by atoms with Gasteiger partial charge in [-0.15, -0.1) is 0 Å². The molecule has 0 radical (unpaired) electrons. The van der Waals surface area contributed by atoms with E-state index in [1.54, 1.807) is 4.90 Å². The number of carboxylic acids is 1. The van der Waals surface area contributed by atoms with Crippen LogP contribution in [0.1, 0.15) is 51.4 Å². The summed E-state index contributed by atoms with van der Waals surface area (Å²) in [4.78, 5) is 24.8. The van der Waals surface area contributed by atoms with Crippen LogP contribution >= 0.6 is 0 Å². The monoisotopic (exact) mass is 296 g/mol. The summed E-state index contributed by atoms with van der Waals surface area (Å²) >= 11 is 0. The van der Waals surface area contributed by atoms with E-state index < -0.39 is 5.97 Å². The maximum atomic E-state index is 12.1. The van der Waals surface area contributed by atoms with Gasteiger partial charge in [0.15, 0.2) is 0 Å². The van der Waals surface area contributed by atoms with E-state index in [4.69, 9.17) is 5.11 Å². The van der Waals surface area contributed by atoms with Crippen LogP contribution in [0.4, 0.5) is 4.79 Å². The molecule has 120 valence electrons. The van der Waals surface area contributed by atoms with Crippen molar-refractivity contribution in [3.05, 3.63) is 0 Å². The molecule has 0 saturated heterocycles. The number of nitrogens with zero attached hydrogens (tertiary/aromatic N) is 1. The van der Waals surface area contributed by atoms with Crippen molar-refractivity contribution in [2.24, 2.45) is 17.8 Å². The molecule has 0 atom stereocenters. The number of carboxylic acid groups (broad SMARTS) is 1. The van der Waals surface area contributed by atoms with Crippen LogP contribution in [0.25, 0.3) is 0 Å². The number of urea groups is 1. The van der Waals surface area contributed by atoms with E-state index in [0.29, 0.717) is 18.4 Å². The maximum Gasteiger partial charge on any atom is 0.317 e. The summed E-state index contributed by atoms with van der Waals surface area (Å²) in [6.45, 7) is 1.54. The topological polar surface area (TPSA) is 69.6 Å². The Morgan fingerprint density at radius 2 is 1.67 bits per heavy atom. The van der Waals surface area contributed by atoms with Crippen LogP contribution in [0.15, 0.2) is 0 Å². The van der Waals surface area contributed by atoms with E-state index in [0.717, 1.165) is 32.2 Å². The molecule has 0 unspecified atom stereocenters. The molecule has 5 heteroatoms. The lowest BCUT2D eigenvalue weighted by Gasteiger charge is -2.27. The van der Waals surface area contributed by atoms with E-state index in [1.807, 2.05) is 7.05 Å². The van der Waals surface area contributed by atoms with Crippen molar-refractivity contribution in [1.82, 2.24) is 10.2 Å². The van der Waals surface area contributed by atoms with Gasteiger partial charge in [-0.2, -0.15) is 0 Å². The Morgan fingerprint density at radius 1 is 1.05 bits per heavy atom. The third-order valence-electron chi connectivity index (χ3n) is 5.09. The average Bonchev–Trinajstić information content (AvgIpc) is 2.98. The summed E-state index contributed by atoms with van der Waals surface area (Å²) < 4.78 is 0. The molecule has 0 spiro atoms. The molecule has 2 saturated carbocycles. The number of carbonyl (C=O) groups is 2. The van der Waals surface area contributed by atoms with Gasteiger partial charge in [-0.05, 0) is 50.4 Å². The number of nitrogens with one attached hydrogen (secondary N) is 1. The van der Waals surface area contributed by atoms with E-state index >= 15 is 0 Å². The highest BCUT2D eigenvalue weighted by Gasteiger charge is 2.26. The van der Waals surface area contributed by atoms with Crippen molar-refractivity contribution in [3.8, 4) is 0 Å². The number of hydrogen-bond donors (Lipinski definition) is 2. The van der Waals surface area contributed by atoms with E-state index in [9.17, 15) is 9.59 Å². The van der Waals surface area contributed by atoms with Gasteiger partial charge in [0.1, 0.15) is 0 Å². The first-order chi connectivity index (χ1) is 10.1. The summed E-state index contributed by atoms with van der Waals surface area (Å²) in [6.07, 6.45) is 8.39. The highest BCUT2D eigenvalue weighted by molar-refractivity contribution is 5.73. The Kier molecular flexibility index (Phi) is 5.88. The minimum atomic E-state index is -0.672. The Hall–Kier alpha value is -1.26. The zero-order valence-electron chi connectivity index (χ0n) is 13.0. The highest BCUT2D eigenvalue weighted by Crippen LogP contribution is 2.28. The average molecular weight is 296 g/mol. The first kappa shape index (κ1) is 16.1. The lowest BCUT2D eigenvalue weighted by atomic mass is 9.82. The molecule has 0 aromatic rings. The Labute approximate surface area is 127 Å². The number of hydrogen-bond acceptors (Lipinski definition) is 2. The van der Waals surface area contributed by atoms with Gasteiger partial charge in [-0.25, -0.2) is 4.79 Å². The van der Waals surface area contributed by atoms with E-state index in [1.165, 1.54) is 25.7 Å². The molecular formula is C16H28N2O3. The summed E-state index contributed by atoms with van der Waals surface area (Å²) in [5.41, 5.74) is 0. The molecule has 0 aromatic carbocycles. The van der Waals surface area contributed by atoms with Gasteiger partial charge in [-0.3, -0.25) is 4.79 Å². The summed E-state index contributed by atoms with van der Waals surface area (Å²) in [6, 6.07) is 0.0160. The van der Waals surface area contributed by atoms with Crippen LogP contribution in [-0.2, 0) is 4.79 Å². The summed E-state index contributed by atoms with van der Waals surface area (Å²) in [5.74, 6) is 0.256. The molecule has 21 heavy (non-hydrogen) atoms. The fourth-order valence-corrected chi connectivity index (χ4v) is 3.64. The molecule has 0 bridgehead atoms. The normalized spacial score (nSPS) is 26.5. The molecule has 2 aliphatic rings. The summed E-state index contributed by atoms with van der Waals surface area (Å²) in [5, 5.41) is 12.0. The molecule has 0 aromatic heterocycles. The number of aliphatic carboxylic acids is 1. The van der Waals surface area contributed by atoms with Crippen LogP contribution in [-0.4, -0.2) is 42.1 Å². The molecule has 2 aliphatic carbocycles. The fourth-order valence-electron chi connectivity index (χ4n) is 3.64. The standard InChI is InChI=1S/C16H28N2O3/c1-18(11-13-4-2-3-5-13)16(21)17-10-12-6-8-14(9-7-12)15(19)20/h12-14H,2-11H2,1H3,(H,17,21)(H,19,20). The van der Waals surface area contributed by atoms with Crippen molar-refractivity contribution < 1.29 is 14.7 Å². The second-order valence-corrected chi connectivity index (χ2v) is 6.77. The second-order valence-electron chi connectivity index (χ2n) is 6.77. The Morgan fingerprint density at radius 3 is 2.24 bits per heavy atom. The number of carbonyl (C=O) groups excluding carboxylic acids is 1. The van der Waals surface area contributed by atoms with Crippen molar-refractivity contribution in [3.63, 3.8) is 0 Å². The number of amides is 2. The molecule has 0 heterocycles. The number of rotatable bonds is 5. The van der Waals surface area contributed by atoms with Crippen LogP contribution in [0, 0.1) is 17.8 Å². The highest BCUT2D eigenvalue weighted by atomic mass is 16.4. The SMILES string of the molecule is CN(CC1CCCC1)C(=O)NCC1CCC(C(=O)O)CC1. The minimum absolute atomic E-state index is 0.0160. The molecule has 2 fully saturated rings. The van der Waals surface area contributed by atoms with Gasteiger partial charge in [0.2, 0.25) is 0 Å². The molecule has 5 nitrogen and oxygen atoms in total. The smallest absolute Gasteiger partial charge is 0.317 e. The van der Waals surface area contributed by atoms with Gasteiger partial charge in [0.25, 0.3) is 0 Å². The first-order valence-corrected chi connectivity index (χ1v) is 8.28. The largest absolute Gasteiger partial charge is 0.481 e. The Balaban J connectivity index is 1.63. The Bertz CT molecular complexity index is 359. The third kappa shape index (κ3) is 4.90. The van der Waals surface area contributed by atoms with Gasteiger partial charge in [0.05, 0.1) is 5.92 Å². The van der Waals surface area contributed by atoms with Crippen LogP contribution in [0.3, 0.4) is 0 Å². The lowest BCUT2D eigenvalue weighted by Crippen LogP contribution is -2.42. The van der Waals surface area contributed by atoms with Crippen LogP contribution in [0.2, 0.25) is 0 Å². The molecule has 2 rings (SSSR count). The quantitative estimate of drug-likeness (QED) is 0.819. The predicted molar refractivity (Wildman–Crippen MR) is 81.1 cm³/mol. The first-order valence-electron chi connectivity index (χ1n) is 8.28. The van der Waals surface area contributed by atoms with Crippen LogP contribution in [0.5, 0.6) is 0 Å². The van der Waals surface area contributed by atoms with Gasteiger partial charge in [-0.1, -0.05) is 12.8 Å². The maximum absolute atomic E-state index is 12.1. The summed E-state index contributed by atoms with van der Waals surface area (Å²) in [7, 11) is 1.87. The zero-order chi connectivity index (χ0) is 15.2. The molecular weight excluding hydrogens is 268 g/mol. The second kappa shape index (κ2) is 7.66. The van der Waals surface area contributed by atoms with Gasteiger partial charge < -0.3 is 15.3 Å². The van der Waals surface area contributed by atoms with E-state index in [2.05, 4.69) is 5.32 Å². The fraction of sp³-hybridized carbons (Fsp3) is 0.875. The predicted octanol–water partition coefficient (Wildman–Crippen LogP) is 2.71. The van der Waals surface area contributed by atoms with Crippen molar-refractivity contribution >= 4 is 12.0 Å².